The van der Waals surface area contributed by atoms with Crippen molar-refractivity contribution in [2.75, 3.05) is 0 Å². The summed E-state index contributed by atoms with van der Waals surface area (Å²) in [5.74, 6) is -1.33. The van der Waals surface area contributed by atoms with Crippen molar-refractivity contribution in [3.05, 3.63) is 71.3 Å². The Morgan fingerprint density at radius 1 is 0.692 bits per heavy atom. The van der Waals surface area contributed by atoms with E-state index in [2.05, 4.69) is 10.9 Å². The maximum Gasteiger partial charge on any atom is 0.242 e. The highest BCUT2D eigenvalue weighted by Crippen LogP contribution is 2.48. The fourth-order valence-electron chi connectivity index (χ4n) is 3.43. The van der Waals surface area contributed by atoms with Gasteiger partial charge in [0.05, 0.1) is 0 Å². The van der Waals surface area contributed by atoms with Crippen LogP contribution in [0.1, 0.15) is 35.8 Å². The predicted molar refractivity (Wildman–Crippen MR) is 90.8 cm³/mol. The smallest absolute Gasteiger partial charge is 0.242 e. The number of benzene rings is 2. The number of carbonyl (C=O) groups is 2. The van der Waals surface area contributed by atoms with Gasteiger partial charge in [0.15, 0.2) is 0 Å². The molecule has 4 atom stereocenters. The number of rotatable bonds is 4. The summed E-state index contributed by atoms with van der Waals surface area (Å²) in [4.78, 5) is 24.3. The Balaban J connectivity index is 1.25. The lowest BCUT2D eigenvalue weighted by atomic mass is 10.1. The van der Waals surface area contributed by atoms with Gasteiger partial charge in [0.1, 0.15) is 11.6 Å². The molecule has 0 aromatic heterocycles. The van der Waals surface area contributed by atoms with Crippen molar-refractivity contribution in [3.8, 4) is 0 Å². The van der Waals surface area contributed by atoms with Gasteiger partial charge in [0, 0.05) is 11.8 Å². The highest BCUT2D eigenvalue weighted by molar-refractivity contribution is 5.88. The minimum atomic E-state index is -0.303. The molecule has 0 radical (unpaired) electrons. The fraction of sp³-hybridized carbons (Fsp3) is 0.300. The summed E-state index contributed by atoms with van der Waals surface area (Å²) in [6, 6.07) is 12.3. The molecular weight excluding hydrogens is 338 g/mol. The van der Waals surface area contributed by atoms with E-state index in [0.29, 0.717) is 12.8 Å². The van der Waals surface area contributed by atoms with Crippen LogP contribution in [0.5, 0.6) is 0 Å². The fourth-order valence-corrected chi connectivity index (χ4v) is 3.43. The minimum Gasteiger partial charge on any atom is -0.273 e. The van der Waals surface area contributed by atoms with Crippen LogP contribution in [0, 0.1) is 23.5 Å². The highest BCUT2D eigenvalue weighted by Gasteiger charge is 2.46. The number of halogens is 2. The number of hydrazine groups is 1. The summed E-state index contributed by atoms with van der Waals surface area (Å²) in [6.45, 7) is 0. The number of nitrogens with one attached hydrogen (secondary N) is 2. The molecule has 2 saturated carbocycles. The average molecular weight is 356 g/mol. The van der Waals surface area contributed by atoms with Crippen LogP contribution >= 0.6 is 0 Å². The van der Waals surface area contributed by atoms with E-state index in [0.717, 1.165) is 11.1 Å². The molecule has 0 bridgehead atoms. The Hall–Kier alpha value is -2.76. The zero-order valence-electron chi connectivity index (χ0n) is 13.9. The zero-order valence-corrected chi connectivity index (χ0v) is 13.9. The third-order valence-electron chi connectivity index (χ3n) is 5.16. The summed E-state index contributed by atoms with van der Waals surface area (Å²) in [5.41, 5.74) is 6.83. The molecule has 0 saturated heterocycles. The van der Waals surface area contributed by atoms with Crippen LogP contribution in [0.25, 0.3) is 0 Å². The molecule has 26 heavy (non-hydrogen) atoms. The molecule has 6 heteroatoms. The molecule has 0 heterocycles. The first-order valence-corrected chi connectivity index (χ1v) is 8.63. The molecule has 2 aromatic carbocycles. The average Bonchev–Trinajstić information content (AvgIpc) is 3.53. The van der Waals surface area contributed by atoms with Crippen LogP contribution in [0.15, 0.2) is 48.5 Å². The van der Waals surface area contributed by atoms with Crippen LogP contribution in [0.2, 0.25) is 0 Å². The van der Waals surface area contributed by atoms with Gasteiger partial charge in [-0.1, -0.05) is 24.3 Å². The number of carbonyl (C=O) groups excluding carboxylic acids is 2. The Labute approximate surface area is 149 Å². The molecular formula is C20H18F2N2O2. The Kier molecular flexibility index (Phi) is 4.18. The summed E-state index contributed by atoms with van der Waals surface area (Å²) in [6.07, 6.45) is 1.38. The zero-order chi connectivity index (χ0) is 18.3. The van der Waals surface area contributed by atoms with Gasteiger partial charge < -0.3 is 0 Å². The molecule has 4 unspecified atom stereocenters. The second kappa shape index (κ2) is 6.52. The quantitative estimate of drug-likeness (QED) is 0.828. The summed E-state index contributed by atoms with van der Waals surface area (Å²) < 4.78 is 25.9. The molecule has 2 amide bonds. The van der Waals surface area contributed by atoms with Crippen LogP contribution < -0.4 is 10.9 Å². The molecule has 4 rings (SSSR count). The van der Waals surface area contributed by atoms with Crippen LogP contribution in [0.4, 0.5) is 8.78 Å². The van der Waals surface area contributed by atoms with Crippen LogP contribution in [0.3, 0.4) is 0 Å². The maximum absolute atomic E-state index is 12.9. The van der Waals surface area contributed by atoms with E-state index in [9.17, 15) is 18.4 Å². The predicted octanol–water partition coefficient (Wildman–Crippen LogP) is 3.02. The molecule has 0 spiro atoms. The molecule has 2 aromatic rings. The van der Waals surface area contributed by atoms with E-state index in [-0.39, 0.29) is 47.1 Å². The summed E-state index contributed by atoms with van der Waals surface area (Å²) >= 11 is 0. The monoisotopic (exact) mass is 356 g/mol. The van der Waals surface area contributed by atoms with Gasteiger partial charge in [-0.15, -0.1) is 0 Å². The number of hydrogen-bond donors (Lipinski definition) is 2. The van der Waals surface area contributed by atoms with Crippen molar-refractivity contribution in [2.24, 2.45) is 11.8 Å². The standard InChI is InChI=1S/C20H18F2N2O2/c21-13-5-1-11(2-6-13)15-9-17(15)19(25)23-24-20(26)18-10-16(18)12-3-7-14(22)8-4-12/h1-8,15-18H,9-10H2,(H,23,25)(H,24,26). The molecule has 0 aliphatic heterocycles. The van der Waals surface area contributed by atoms with Gasteiger partial charge in [0.2, 0.25) is 11.8 Å². The third kappa shape index (κ3) is 3.45. The highest BCUT2D eigenvalue weighted by atomic mass is 19.1. The Bertz CT molecular complexity index is 764. The summed E-state index contributed by atoms with van der Waals surface area (Å²) in [7, 11) is 0. The molecule has 4 nitrogen and oxygen atoms in total. The Morgan fingerprint density at radius 3 is 1.38 bits per heavy atom. The van der Waals surface area contributed by atoms with Crippen molar-refractivity contribution in [1.82, 2.24) is 10.9 Å². The van der Waals surface area contributed by atoms with Crippen molar-refractivity contribution in [3.63, 3.8) is 0 Å². The van der Waals surface area contributed by atoms with Crippen molar-refractivity contribution in [2.45, 2.75) is 24.7 Å². The van der Waals surface area contributed by atoms with Crippen molar-refractivity contribution < 1.29 is 18.4 Å². The number of hydrogen-bond acceptors (Lipinski definition) is 2. The van der Waals surface area contributed by atoms with Crippen LogP contribution in [-0.2, 0) is 9.59 Å². The first-order chi connectivity index (χ1) is 12.5. The van der Waals surface area contributed by atoms with Crippen molar-refractivity contribution in [1.29, 1.82) is 0 Å². The molecule has 2 aliphatic carbocycles. The van der Waals surface area contributed by atoms with E-state index in [1.165, 1.54) is 24.3 Å². The van der Waals surface area contributed by atoms with Gasteiger partial charge in [-0.3, -0.25) is 20.4 Å². The van der Waals surface area contributed by atoms with Gasteiger partial charge in [0.25, 0.3) is 0 Å². The molecule has 134 valence electrons. The van der Waals surface area contributed by atoms with Gasteiger partial charge in [-0.2, -0.15) is 0 Å². The van der Waals surface area contributed by atoms with E-state index in [1.807, 2.05) is 0 Å². The van der Waals surface area contributed by atoms with E-state index in [4.69, 9.17) is 0 Å². The van der Waals surface area contributed by atoms with E-state index < -0.39 is 0 Å². The Morgan fingerprint density at radius 2 is 1.04 bits per heavy atom. The van der Waals surface area contributed by atoms with E-state index >= 15 is 0 Å². The topological polar surface area (TPSA) is 58.2 Å². The molecule has 2 fully saturated rings. The lowest BCUT2D eigenvalue weighted by Crippen LogP contribution is -2.43. The van der Waals surface area contributed by atoms with Gasteiger partial charge >= 0.3 is 0 Å². The second-order valence-electron chi connectivity index (χ2n) is 6.98. The SMILES string of the molecule is O=C(NNC(=O)C1CC1c1ccc(F)cc1)C1CC1c1ccc(F)cc1. The normalized spacial score (nSPS) is 26.1. The number of amides is 2. The van der Waals surface area contributed by atoms with Gasteiger partial charge in [-0.25, -0.2) is 8.78 Å². The van der Waals surface area contributed by atoms with E-state index in [1.54, 1.807) is 24.3 Å². The lowest BCUT2D eigenvalue weighted by molar-refractivity contribution is -0.130. The molecule has 2 N–H and O–H groups in total. The lowest BCUT2D eigenvalue weighted by Gasteiger charge is -2.07. The summed E-state index contributed by atoms with van der Waals surface area (Å²) in [5, 5.41) is 0. The molecule has 2 aliphatic rings. The minimum absolute atomic E-state index is 0.0698. The first kappa shape index (κ1) is 16.7. The third-order valence-corrected chi connectivity index (χ3v) is 5.16. The maximum atomic E-state index is 12.9. The van der Waals surface area contributed by atoms with Gasteiger partial charge in [-0.05, 0) is 60.1 Å². The van der Waals surface area contributed by atoms with Crippen LogP contribution in [-0.4, -0.2) is 11.8 Å². The first-order valence-electron chi connectivity index (χ1n) is 8.63. The largest absolute Gasteiger partial charge is 0.273 e. The van der Waals surface area contributed by atoms with Crippen molar-refractivity contribution >= 4 is 11.8 Å². The second-order valence-corrected chi connectivity index (χ2v) is 6.98.